The lowest BCUT2D eigenvalue weighted by Gasteiger charge is -2.49. The predicted molar refractivity (Wildman–Crippen MR) is 73.1 cm³/mol. The average Bonchev–Trinajstić information content (AvgIpc) is 2.28. The standard InChI is InChI=1S/C15H20FNO2/c1-9-8-15(3,4)17(10(2)14(18)19)13-6-5-11(16)7-12(9)13/h5-7,9-10H,8H2,1-4H3,(H,18,19). The average molecular weight is 265 g/mol. The van der Waals surface area contributed by atoms with Crippen LogP contribution in [0.2, 0.25) is 0 Å². The molecule has 0 bridgehead atoms. The molecule has 2 atom stereocenters. The first-order valence-electron chi connectivity index (χ1n) is 6.55. The van der Waals surface area contributed by atoms with E-state index in [2.05, 4.69) is 6.92 Å². The van der Waals surface area contributed by atoms with Crippen LogP contribution in [0.4, 0.5) is 10.1 Å². The molecule has 19 heavy (non-hydrogen) atoms. The molecule has 3 nitrogen and oxygen atoms in total. The van der Waals surface area contributed by atoms with Crippen molar-refractivity contribution in [2.45, 2.75) is 51.6 Å². The largest absolute Gasteiger partial charge is 0.480 e. The fourth-order valence-corrected chi connectivity index (χ4v) is 3.27. The van der Waals surface area contributed by atoms with E-state index in [0.717, 1.165) is 17.7 Å². The van der Waals surface area contributed by atoms with Crippen LogP contribution in [0.1, 0.15) is 45.6 Å². The smallest absolute Gasteiger partial charge is 0.326 e. The van der Waals surface area contributed by atoms with Crippen molar-refractivity contribution in [3.8, 4) is 0 Å². The minimum absolute atomic E-state index is 0.220. The van der Waals surface area contributed by atoms with Gasteiger partial charge in [-0.15, -0.1) is 0 Å². The molecular weight excluding hydrogens is 245 g/mol. The second-order valence-corrected chi connectivity index (χ2v) is 6.00. The Hall–Kier alpha value is -1.58. The minimum atomic E-state index is -0.863. The van der Waals surface area contributed by atoms with Crippen molar-refractivity contribution in [1.82, 2.24) is 0 Å². The lowest BCUT2D eigenvalue weighted by Crippen LogP contribution is -2.55. The highest BCUT2D eigenvalue weighted by Gasteiger charge is 2.40. The number of carboxylic acids is 1. The van der Waals surface area contributed by atoms with Crippen LogP contribution in [-0.2, 0) is 4.79 Å². The summed E-state index contributed by atoms with van der Waals surface area (Å²) in [5.74, 6) is -0.913. The number of hydrogen-bond donors (Lipinski definition) is 1. The van der Waals surface area contributed by atoms with Crippen molar-refractivity contribution in [3.05, 3.63) is 29.6 Å². The molecular formula is C15H20FNO2. The van der Waals surface area contributed by atoms with Gasteiger partial charge in [0.15, 0.2) is 0 Å². The fourth-order valence-electron chi connectivity index (χ4n) is 3.27. The third-order valence-electron chi connectivity index (χ3n) is 3.98. The number of carbonyl (C=O) groups is 1. The van der Waals surface area contributed by atoms with Gasteiger partial charge in [-0.2, -0.15) is 0 Å². The van der Waals surface area contributed by atoms with Gasteiger partial charge in [-0.25, -0.2) is 9.18 Å². The molecule has 0 saturated heterocycles. The van der Waals surface area contributed by atoms with Crippen LogP contribution in [0.5, 0.6) is 0 Å². The molecule has 0 aliphatic carbocycles. The first-order valence-corrected chi connectivity index (χ1v) is 6.55. The maximum Gasteiger partial charge on any atom is 0.326 e. The lowest BCUT2D eigenvalue weighted by molar-refractivity contribution is -0.138. The highest BCUT2D eigenvalue weighted by Crippen LogP contribution is 2.44. The van der Waals surface area contributed by atoms with Crippen molar-refractivity contribution in [2.24, 2.45) is 0 Å². The fraction of sp³-hybridized carbons (Fsp3) is 0.533. The zero-order valence-electron chi connectivity index (χ0n) is 11.8. The predicted octanol–water partition coefficient (Wildman–Crippen LogP) is 3.39. The summed E-state index contributed by atoms with van der Waals surface area (Å²) in [4.78, 5) is 13.2. The maximum atomic E-state index is 13.4. The van der Waals surface area contributed by atoms with Crippen LogP contribution in [0.15, 0.2) is 18.2 Å². The number of halogens is 1. The van der Waals surface area contributed by atoms with Gasteiger partial charge in [0.25, 0.3) is 0 Å². The Labute approximate surface area is 113 Å². The molecule has 1 aliphatic rings. The quantitative estimate of drug-likeness (QED) is 0.891. The van der Waals surface area contributed by atoms with E-state index in [0.29, 0.717) is 0 Å². The van der Waals surface area contributed by atoms with Gasteiger partial charge in [0, 0.05) is 11.2 Å². The van der Waals surface area contributed by atoms with Crippen molar-refractivity contribution in [1.29, 1.82) is 0 Å². The first kappa shape index (κ1) is 13.8. The molecule has 1 heterocycles. The third kappa shape index (κ3) is 2.31. The summed E-state index contributed by atoms with van der Waals surface area (Å²) in [6.07, 6.45) is 0.807. The van der Waals surface area contributed by atoms with Gasteiger partial charge in [-0.3, -0.25) is 0 Å². The monoisotopic (exact) mass is 265 g/mol. The number of nitrogens with zero attached hydrogens (tertiary/aromatic N) is 1. The first-order chi connectivity index (χ1) is 8.74. The molecule has 0 fully saturated rings. The van der Waals surface area contributed by atoms with Gasteiger partial charge < -0.3 is 10.0 Å². The van der Waals surface area contributed by atoms with E-state index in [4.69, 9.17) is 0 Å². The molecule has 2 rings (SSSR count). The number of hydrogen-bond acceptors (Lipinski definition) is 2. The Kier molecular flexibility index (Phi) is 3.29. The van der Waals surface area contributed by atoms with E-state index >= 15 is 0 Å². The zero-order valence-corrected chi connectivity index (χ0v) is 11.8. The van der Waals surface area contributed by atoms with Gasteiger partial charge in [0.2, 0.25) is 0 Å². The summed E-state index contributed by atoms with van der Waals surface area (Å²) in [6.45, 7) is 7.81. The second kappa shape index (κ2) is 4.51. The van der Waals surface area contributed by atoms with E-state index in [1.54, 1.807) is 13.0 Å². The molecule has 0 saturated carbocycles. The van der Waals surface area contributed by atoms with Gasteiger partial charge in [0.05, 0.1) is 0 Å². The highest BCUT2D eigenvalue weighted by atomic mass is 19.1. The van der Waals surface area contributed by atoms with Crippen LogP contribution < -0.4 is 4.90 Å². The van der Waals surface area contributed by atoms with E-state index < -0.39 is 12.0 Å². The van der Waals surface area contributed by atoms with Crippen LogP contribution in [0, 0.1) is 5.82 Å². The van der Waals surface area contributed by atoms with Crippen molar-refractivity contribution in [2.75, 3.05) is 4.90 Å². The summed E-state index contributed by atoms with van der Waals surface area (Å²) >= 11 is 0. The minimum Gasteiger partial charge on any atom is -0.480 e. The number of aliphatic carboxylic acids is 1. The Morgan fingerprint density at radius 3 is 2.74 bits per heavy atom. The van der Waals surface area contributed by atoms with Crippen LogP contribution in [0.3, 0.4) is 0 Å². The Bertz CT molecular complexity index is 513. The maximum absolute atomic E-state index is 13.4. The Morgan fingerprint density at radius 1 is 1.53 bits per heavy atom. The summed E-state index contributed by atoms with van der Waals surface area (Å²) in [5, 5.41) is 9.30. The van der Waals surface area contributed by atoms with Gasteiger partial charge in [0.1, 0.15) is 11.9 Å². The van der Waals surface area contributed by atoms with Crippen LogP contribution in [0.25, 0.3) is 0 Å². The number of fused-ring (bicyclic) bond motifs is 1. The molecule has 0 amide bonds. The summed E-state index contributed by atoms with van der Waals surface area (Å²) in [7, 11) is 0. The van der Waals surface area contributed by atoms with Crippen molar-refractivity contribution < 1.29 is 14.3 Å². The SMILES string of the molecule is CC1CC(C)(C)N(C(C)C(=O)O)c2ccc(F)cc21. The highest BCUT2D eigenvalue weighted by molar-refractivity contribution is 5.79. The molecule has 1 N–H and O–H groups in total. The van der Waals surface area contributed by atoms with E-state index in [9.17, 15) is 14.3 Å². The molecule has 0 radical (unpaired) electrons. The van der Waals surface area contributed by atoms with Crippen LogP contribution in [-0.4, -0.2) is 22.7 Å². The van der Waals surface area contributed by atoms with Crippen molar-refractivity contribution >= 4 is 11.7 Å². The molecule has 104 valence electrons. The lowest BCUT2D eigenvalue weighted by atomic mass is 9.79. The molecule has 1 aromatic rings. The molecule has 2 unspecified atom stereocenters. The molecule has 1 aliphatic heterocycles. The number of carboxylic acid groups (broad SMARTS) is 1. The molecule has 0 spiro atoms. The van der Waals surface area contributed by atoms with Gasteiger partial charge >= 0.3 is 5.97 Å². The normalized spacial score (nSPS) is 22.8. The second-order valence-electron chi connectivity index (χ2n) is 6.00. The zero-order chi connectivity index (χ0) is 14.4. The van der Waals surface area contributed by atoms with Crippen LogP contribution >= 0.6 is 0 Å². The summed E-state index contributed by atoms with van der Waals surface area (Å²) in [5.41, 5.74) is 1.47. The van der Waals surface area contributed by atoms with Crippen molar-refractivity contribution in [3.63, 3.8) is 0 Å². The molecule has 0 aromatic heterocycles. The number of rotatable bonds is 2. The summed E-state index contributed by atoms with van der Waals surface area (Å²) < 4.78 is 13.4. The number of anilines is 1. The Morgan fingerprint density at radius 2 is 2.16 bits per heavy atom. The molecule has 4 heteroatoms. The van der Waals surface area contributed by atoms with Gasteiger partial charge in [-0.1, -0.05) is 6.92 Å². The number of benzene rings is 1. The van der Waals surface area contributed by atoms with E-state index in [1.807, 2.05) is 18.7 Å². The van der Waals surface area contributed by atoms with E-state index in [1.165, 1.54) is 12.1 Å². The Balaban J connectivity index is 2.58. The topological polar surface area (TPSA) is 40.5 Å². The third-order valence-corrected chi connectivity index (χ3v) is 3.98. The summed E-state index contributed by atoms with van der Waals surface area (Å²) in [6, 6.07) is 3.99. The van der Waals surface area contributed by atoms with E-state index in [-0.39, 0.29) is 17.3 Å². The molecule has 1 aromatic carbocycles. The van der Waals surface area contributed by atoms with Gasteiger partial charge in [-0.05, 0) is 56.9 Å².